The highest BCUT2D eigenvalue weighted by atomic mass is 32.1. The Bertz CT molecular complexity index is 540. The molecule has 0 bridgehead atoms. The lowest BCUT2D eigenvalue weighted by atomic mass is 10.1. The van der Waals surface area contributed by atoms with Crippen LogP contribution in [-0.2, 0) is 13.0 Å². The number of rotatable bonds is 6. The number of thiophene rings is 1. The minimum absolute atomic E-state index is 0.0878. The smallest absolute Gasteiger partial charge is 0.354 e. The van der Waals surface area contributed by atoms with Gasteiger partial charge >= 0.3 is 5.97 Å². The summed E-state index contributed by atoms with van der Waals surface area (Å²) in [6.07, 6.45) is 0.960. The van der Waals surface area contributed by atoms with Gasteiger partial charge in [0.2, 0.25) is 0 Å². The third-order valence-electron chi connectivity index (χ3n) is 2.78. The van der Waals surface area contributed by atoms with E-state index in [1.165, 1.54) is 11.6 Å². The molecule has 0 saturated carbocycles. The number of carboxylic acid groups (broad SMARTS) is 1. The van der Waals surface area contributed by atoms with Crippen LogP contribution < -0.4 is 5.32 Å². The van der Waals surface area contributed by atoms with Gasteiger partial charge in [0.15, 0.2) is 0 Å². The highest BCUT2D eigenvalue weighted by Gasteiger charge is 2.07. The maximum atomic E-state index is 10.8. The van der Waals surface area contributed by atoms with Crippen LogP contribution in [0.3, 0.4) is 0 Å². The first-order valence-electron chi connectivity index (χ1n) is 6.09. The van der Waals surface area contributed by atoms with E-state index in [-0.39, 0.29) is 5.69 Å². The summed E-state index contributed by atoms with van der Waals surface area (Å²) in [7, 11) is 0. The molecule has 0 aliphatic heterocycles. The lowest BCUT2D eigenvalue weighted by molar-refractivity contribution is 0.0690. The minimum Gasteiger partial charge on any atom is -0.477 e. The lowest BCUT2D eigenvalue weighted by Crippen LogP contribution is -2.28. The predicted molar refractivity (Wildman–Crippen MR) is 75.5 cm³/mol. The number of nitrogens with one attached hydrogen (secondary N) is 1. The summed E-state index contributed by atoms with van der Waals surface area (Å²) in [4.78, 5) is 14.9. The summed E-state index contributed by atoms with van der Waals surface area (Å²) in [6, 6.07) is 7.49. The molecule has 0 fully saturated rings. The molecule has 5 heteroatoms. The van der Waals surface area contributed by atoms with Gasteiger partial charge in [-0.1, -0.05) is 6.07 Å². The monoisotopic (exact) mass is 276 g/mol. The molecule has 1 atom stereocenters. The summed E-state index contributed by atoms with van der Waals surface area (Å²) in [5, 5.41) is 16.4. The minimum atomic E-state index is -0.992. The number of carboxylic acids is 1. The molecule has 0 saturated heterocycles. The fraction of sp³-hybridized carbons (Fsp3) is 0.286. The van der Waals surface area contributed by atoms with Gasteiger partial charge in [-0.25, -0.2) is 9.78 Å². The molecule has 2 N–H and O–H groups in total. The van der Waals surface area contributed by atoms with Gasteiger partial charge in [-0.05, 0) is 47.9 Å². The van der Waals surface area contributed by atoms with E-state index in [1.807, 2.05) is 6.07 Å². The highest BCUT2D eigenvalue weighted by Crippen LogP contribution is 2.09. The molecule has 1 unspecified atom stereocenters. The van der Waals surface area contributed by atoms with Crippen LogP contribution in [0.15, 0.2) is 35.0 Å². The number of nitrogens with zero attached hydrogens (tertiary/aromatic N) is 1. The highest BCUT2D eigenvalue weighted by molar-refractivity contribution is 7.07. The largest absolute Gasteiger partial charge is 0.477 e. The molecule has 2 aromatic heterocycles. The third-order valence-corrected chi connectivity index (χ3v) is 3.51. The van der Waals surface area contributed by atoms with Gasteiger partial charge in [-0.2, -0.15) is 11.3 Å². The second-order valence-corrected chi connectivity index (χ2v) is 5.22. The Hall–Kier alpha value is -1.72. The normalized spacial score (nSPS) is 12.3. The molecule has 4 nitrogen and oxygen atoms in total. The van der Waals surface area contributed by atoms with Gasteiger partial charge in [0, 0.05) is 12.6 Å². The van der Waals surface area contributed by atoms with Crippen molar-refractivity contribution in [3.05, 3.63) is 52.0 Å². The molecule has 2 heterocycles. The maximum absolute atomic E-state index is 10.8. The van der Waals surface area contributed by atoms with E-state index in [9.17, 15) is 4.79 Å². The molecule has 0 aromatic carbocycles. The summed E-state index contributed by atoms with van der Waals surface area (Å²) >= 11 is 1.70. The van der Waals surface area contributed by atoms with Crippen molar-refractivity contribution in [2.45, 2.75) is 25.9 Å². The first-order chi connectivity index (χ1) is 9.15. The van der Waals surface area contributed by atoms with Gasteiger partial charge in [-0.15, -0.1) is 0 Å². The van der Waals surface area contributed by atoms with Crippen molar-refractivity contribution in [3.8, 4) is 0 Å². The zero-order chi connectivity index (χ0) is 13.7. The van der Waals surface area contributed by atoms with Crippen LogP contribution in [0.25, 0.3) is 0 Å². The molecule has 0 spiro atoms. The Morgan fingerprint density at radius 1 is 1.47 bits per heavy atom. The van der Waals surface area contributed by atoms with Crippen molar-refractivity contribution in [2.24, 2.45) is 0 Å². The molecule has 19 heavy (non-hydrogen) atoms. The second kappa shape index (κ2) is 6.45. The van der Waals surface area contributed by atoms with E-state index in [0.717, 1.165) is 12.1 Å². The summed E-state index contributed by atoms with van der Waals surface area (Å²) in [5.74, 6) is -0.992. The van der Waals surface area contributed by atoms with Crippen molar-refractivity contribution in [1.82, 2.24) is 10.3 Å². The topological polar surface area (TPSA) is 62.2 Å². The Labute approximate surface area is 116 Å². The van der Waals surface area contributed by atoms with Crippen LogP contribution in [0.4, 0.5) is 0 Å². The van der Waals surface area contributed by atoms with E-state index in [2.05, 4.69) is 34.1 Å². The molecule has 2 aromatic rings. The fourth-order valence-corrected chi connectivity index (χ4v) is 2.49. The van der Waals surface area contributed by atoms with E-state index in [0.29, 0.717) is 12.6 Å². The molecule has 100 valence electrons. The van der Waals surface area contributed by atoms with Gasteiger partial charge in [0.25, 0.3) is 0 Å². The molecule has 2 rings (SSSR count). The van der Waals surface area contributed by atoms with Gasteiger partial charge in [0.05, 0.1) is 5.69 Å². The summed E-state index contributed by atoms with van der Waals surface area (Å²) in [6.45, 7) is 2.69. The van der Waals surface area contributed by atoms with Gasteiger partial charge in [-0.3, -0.25) is 0 Å². The first kappa shape index (κ1) is 13.7. The van der Waals surface area contributed by atoms with E-state index in [4.69, 9.17) is 5.11 Å². The van der Waals surface area contributed by atoms with Crippen LogP contribution >= 0.6 is 11.3 Å². The zero-order valence-electron chi connectivity index (χ0n) is 10.7. The predicted octanol–water partition coefficient (Wildman–Crippen LogP) is 2.56. The second-order valence-electron chi connectivity index (χ2n) is 4.44. The quantitative estimate of drug-likeness (QED) is 0.851. The van der Waals surface area contributed by atoms with Crippen LogP contribution in [-0.4, -0.2) is 22.1 Å². The van der Waals surface area contributed by atoms with Gasteiger partial charge in [0.1, 0.15) is 5.69 Å². The van der Waals surface area contributed by atoms with E-state index < -0.39 is 5.97 Å². The Morgan fingerprint density at radius 3 is 3.00 bits per heavy atom. The average Bonchev–Trinajstić information content (AvgIpc) is 2.89. The fourth-order valence-electron chi connectivity index (χ4n) is 1.81. The lowest BCUT2D eigenvalue weighted by Gasteiger charge is -2.12. The molecule has 0 amide bonds. The summed E-state index contributed by atoms with van der Waals surface area (Å²) in [5.41, 5.74) is 2.15. The molecular formula is C14H16N2O2S. The number of carbonyl (C=O) groups is 1. The number of aromatic nitrogens is 1. The number of aromatic carboxylic acids is 1. The first-order valence-corrected chi connectivity index (χ1v) is 7.03. The van der Waals surface area contributed by atoms with Crippen molar-refractivity contribution in [1.29, 1.82) is 0 Å². The average molecular weight is 276 g/mol. The number of hydrogen-bond acceptors (Lipinski definition) is 4. The molecule has 0 aliphatic rings. The van der Waals surface area contributed by atoms with Gasteiger partial charge < -0.3 is 10.4 Å². The molecular weight excluding hydrogens is 260 g/mol. The van der Waals surface area contributed by atoms with Crippen molar-refractivity contribution in [2.75, 3.05) is 0 Å². The van der Waals surface area contributed by atoms with Crippen LogP contribution in [0, 0.1) is 0 Å². The molecule has 0 radical (unpaired) electrons. The molecule has 0 aliphatic carbocycles. The number of pyridine rings is 1. The van der Waals surface area contributed by atoms with Crippen molar-refractivity contribution >= 4 is 17.3 Å². The van der Waals surface area contributed by atoms with Crippen molar-refractivity contribution < 1.29 is 9.90 Å². The number of hydrogen-bond donors (Lipinski definition) is 2. The van der Waals surface area contributed by atoms with Crippen LogP contribution in [0.5, 0.6) is 0 Å². The SMILES string of the molecule is CC(Cc1ccsc1)NCc1cccc(C(=O)O)n1. The third kappa shape index (κ3) is 4.15. The standard InChI is InChI=1S/C14H16N2O2S/c1-10(7-11-5-6-19-9-11)15-8-12-3-2-4-13(16-12)14(17)18/h2-6,9-10,15H,7-8H2,1H3,(H,17,18). The Morgan fingerprint density at radius 2 is 2.32 bits per heavy atom. The zero-order valence-corrected chi connectivity index (χ0v) is 11.5. The van der Waals surface area contributed by atoms with Crippen LogP contribution in [0.1, 0.15) is 28.7 Å². The van der Waals surface area contributed by atoms with E-state index >= 15 is 0 Å². The summed E-state index contributed by atoms with van der Waals surface area (Å²) < 4.78 is 0. The Kier molecular flexibility index (Phi) is 4.65. The van der Waals surface area contributed by atoms with E-state index in [1.54, 1.807) is 17.4 Å². The van der Waals surface area contributed by atoms with Crippen molar-refractivity contribution in [3.63, 3.8) is 0 Å². The van der Waals surface area contributed by atoms with Crippen LogP contribution in [0.2, 0.25) is 0 Å². The Balaban J connectivity index is 1.88. The maximum Gasteiger partial charge on any atom is 0.354 e.